The number of halogens is 3. The number of rotatable bonds is 3. The summed E-state index contributed by atoms with van der Waals surface area (Å²) in [6.07, 6.45) is 3.94. The molecule has 7 nitrogen and oxygen atoms in total. The molecule has 1 aromatic rings. The van der Waals surface area contributed by atoms with Crippen LogP contribution in [0.1, 0.15) is 42.5 Å². The van der Waals surface area contributed by atoms with Crippen molar-refractivity contribution in [3.63, 3.8) is 0 Å². The van der Waals surface area contributed by atoms with E-state index in [2.05, 4.69) is 0 Å². The number of nitrogens with two attached hydrogens (primary N) is 1. The summed E-state index contributed by atoms with van der Waals surface area (Å²) in [5.41, 5.74) is 6.20. The van der Waals surface area contributed by atoms with Crippen LogP contribution in [0.4, 0.5) is 15.8 Å². The molecule has 1 saturated heterocycles. The van der Waals surface area contributed by atoms with E-state index >= 15 is 4.39 Å². The number of benzene rings is 1. The Labute approximate surface area is 178 Å². The standard InChI is InChI=1S/C19H21ClFN3O4.ClH/c20-14-15-11(7-12(21)16(14)23-6-2-1-3-9(22)8-23)17(25)13(19(27)28)18(26)24(15)10-4-5-10;/h7,9-10,13H,1-6,8,22H2,(H,27,28);1H/t9-,13?;/m0./s1. The van der Waals surface area contributed by atoms with E-state index in [1.807, 2.05) is 0 Å². The lowest BCUT2D eigenvalue weighted by Crippen LogP contribution is -2.49. The van der Waals surface area contributed by atoms with E-state index in [1.165, 1.54) is 4.90 Å². The van der Waals surface area contributed by atoms with Gasteiger partial charge in [0, 0.05) is 30.7 Å². The van der Waals surface area contributed by atoms with E-state index in [-0.39, 0.29) is 46.5 Å². The molecule has 0 aromatic heterocycles. The number of anilines is 2. The maximum atomic E-state index is 15.1. The molecule has 2 heterocycles. The van der Waals surface area contributed by atoms with Crippen LogP contribution in [0.25, 0.3) is 0 Å². The highest BCUT2D eigenvalue weighted by atomic mass is 35.5. The van der Waals surface area contributed by atoms with Crippen LogP contribution >= 0.6 is 24.0 Å². The van der Waals surface area contributed by atoms with Gasteiger partial charge in [0.2, 0.25) is 5.91 Å². The number of hydrogen-bond acceptors (Lipinski definition) is 5. The van der Waals surface area contributed by atoms with Crippen molar-refractivity contribution in [2.75, 3.05) is 22.9 Å². The second kappa shape index (κ2) is 8.08. The Bertz CT molecular complexity index is 878. The van der Waals surface area contributed by atoms with E-state index < -0.39 is 29.4 Å². The first-order chi connectivity index (χ1) is 13.3. The van der Waals surface area contributed by atoms with Crippen molar-refractivity contribution in [2.45, 2.75) is 44.2 Å². The minimum atomic E-state index is -1.86. The van der Waals surface area contributed by atoms with Crippen LogP contribution in [0.3, 0.4) is 0 Å². The number of fused-ring (bicyclic) bond motifs is 1. The van der Waals surface area contributed by atoms with Gasteiger partial charge in [-0.05, 0) is 31.7 Å². The Kier molecular flexibility index (Phi) is 6.08. The minimum Gasteiger partial charge on any atom is -0.480 e. The third-order valence-corrected chi connectivity index (χ3v) is 5.96. The number of Topliss-reactive ketones (excluding diaryl/α,β-unsaturated/α-hetero) is 1. The molecule has 0 spiro atoms. The van der Waals surface area contributed by atoms with E-state index in [4.69, 9.17) is 17.3 Å². The Morgan fingerprint density at radius 1 is 1.21 bits per heavy atom. The molecule has 29 heavy (non-hydrogen) atoms. The van der Waals surface area contributed by atoms with Gasteiger partial charge in [-0.2, -0.15) is 0 Å². The summed E-state index contributed by atoms with van der Waals surface area (Å²) in [5, 5.41) is 9.34. The third-order valence-electron chi connectivity index (χ3n) is 5.60. The predicted molar refractivity (Wildman–Crippen MR) is 109 cm³/mol. The van der Waals surface area contributed by atoms with Crippen LogP contribution < -0.4 is 15.5 Å². The zero-order valence-corrected chi connectivity index (χ0v) is 17.1. The average molecular weight is 446 g/mol. The molecule has 1 amide bonds. The Morgan fingerprint density at radius 2 is 1.90 bits per heavy atom. The summed E-state index contributed by atoms with van der Waals surface area (Å²) in [7, 11) is 0. The number of carboxylic acids is 1. The molecule has 1 aromatic carbocycles. The Morgan fingerprint density at radius 3 is 2.52 bits per heavy atom. The SMILES string of the molecule is Cl.N[C@H]1CCCCN(c2c(F)cc3c(c2Cl)N(C2CC2)C(=O)C(C(=O)O)C3=O)C1. The highest BCUT2D eigenvalue weighted by Gasteiger charge is 2.50. The molecule has 3 N–H and O–H groups in total. The summed E-state index contributed by atoms with van der Waals surface area (Å²) in [6.45, 7) is 0.977. The van der Waals surface area contributed by atoms with Gasteiger partial charge in [-0.15, -0.1) is 12.4 Å². The van der Waals surface area contributed by atoms with Gasteiger partial charge in [-0.3, -0.25) is 14.4 Å². The molecule has 3 aliphatic rings. The van der Waals surface area contributed by atoms with Gasteiger partial charge >= 0.3 is 5.97 Å². The fourth-order valence-corrected chi connectivity index (χ4v) is 4.52. The quantitative estimate of drug-likeness (QED) is 0.692. The number of carbonyl (C=O) groups is 3. The van der Waals surface area contributed by atoms with Gasteiger partial charge in [0.05, 0.1) is 16.4 Å². The van der Waals surface area contributed by atoms with Gasteiger partial charge in [0.25, 0.3) is 0 Å². The molecule has 10 heteroatoms. The third kappa shape index (κ3) is 3.69. The summed E-state index contributed by atoms with van der Waals surface area (Å²) in [4.78, 5) is 40.0. The molecule has 2 fully saturated rings. The van der Waals surface area contributed by atoms with Crippen LogP contribution in [0.15, 0.2) is 6.07 Å². The second-order valence-electron chi connectivity index (χ2n) is 7.69. The number of hydrogen-bond donors (Lipinski definition) is 2. The van der Waals surface area contributed by atoms with Crippen molar-refractivity contribution in [2.24, 2.45) is 11.7 Å². The lowest BCUT2D eigenvalue weighted by Gasteiger charge is -2.35. The van der Waals surface area contributed by atoms with Gasteiger partial charge in [0.1, 0.15) is 5.82 Å². The van der Waals surface area contributed by atoms with Gasteiger partial charge in [-0.25, -0.2) is 4.39 Å². The highest BCUT2D eigenvalue weighted by molar-refractivity contribution is 6.40. The molecule has 2 aliphatic heterocycles. The molecular formula is C19H22Cl2FN3O4. The number of carbonyl (C=O) groups excluding carboxylic acids is 2. The van der Waals surface area contributed by atoms with Crippen molar-refractivity contribution in [3.05, 3.63) is 22.5 Å². The van der Waals surface area contributed by atoms with Crippen LogP contribution in [-0.4, -0.2) is 47.9 Å². The molecule has 158 valence electrons. The lowest BCUT2D eigenvalue weighted by atomic mass is 9.89. The number of amides is 1. The molecule has 4 rings (SSSR count). The molecule has 0 radical (unpaired) electrons. The smallest absolute Gasteiger partial charge is 0.324 e. The highest BCUT2D eigenvalue weighted by Crippen LogP contribution is 2.47. The largest absolute Gasteiger partial charge is 0.480 e. The van der Waals surface area contributed by atoms with E-state index in [1.54, 1.807) is 4.90 Å². The summed E-state index contributed by atoms with van der Waals surface area (Å²) >= 11 is 6.57. The monoisotopic (exact) mass is 445 g/mol. The summed E-state index contributed by atoms with van der Waals surface area (Å²) in [6, 6.07) is 0.671. The predicted octanol–water partition coefficient (Wildman–Crippen LogP) is 2.61. The minimum absolute atomic E-state index is 0. The van der Waals surface area contributed by atoms with Crippen LogP contribution in [0.5, 0.6) is 0 Å². The number of ketones is 1. The van der Waals surface area contributed by atoms with Crippen molar-refractivity contribution in [3.8, 4) is 0 Å². The van der Waals surface area contributed by atoms with Crippen molar-refractivity contribution >= 4 is 53.0 Å². The molecule has 1 unspecified atom stereocenters. The van der Waals surface area contributed by atoms with E-state index in [0.29, 0.717) is 25.9 Å². The van der Waals surface area contributed by atoms with Gasteiger partial charge in [-0.1, -0.05) is 18.0 Å². The normalized spacial score (nSPS) is 24.7. The molecular weight excluding hydrogens is 424 g/mol. The summed E-state index contributed by atoms with van der Waals surface area (Å²) < 4.78 is 15.1. The van der Waals surface area contributed by atoms with Crippen molar-refractivity contribution in [1.82, 2.24) is 0 Å². The second-order valence-corrected chi connectivity index (χ2v) is 8.07. The first kappa shape index (κ1) is 21.8. The van der Waals surface area contributed by atoms with E-state index in [0.717, 1.165) is 25.3 Å². The van der Waals surface area contributed by atoms with Crippen LogP contribution in [0.2, 0.25) is 5.02 Å². The molecule has 1 aliphatic carbocycles. The molecule has 2 atom stereocenters. The lowest BCUT2D eigenvalue weighted by molar-refractivity contribution is -0.144. The first-order valence-corrected chi connectivity index (χ1v) is 9.81. The fourth-order valence-electron chi connectivity index (χ4n) is 4.12. The van der Waals surface area contributed by atoms with Crippen molar-refractivity contribution in [1.29, 1.82) is 0 Å². The number of aliphatic carboxylic acids is 1. The van der Waals surface area contributed by atoms with Gasteiger partial charge in [0.15, 0.2) is 11.7 Å². The Hall–Kier alpha value is -1.90. The van der Waals surface area contributed by atoms with Gasteiger partial charge < -0.3 is 20.6 Å². The zero-order valence-electron chi connectivity index (χ0n) is 15.6. The van der Waals surface area contributed by atoms with Crippen molar-refractivity contribution < 1.29 is 23.9 Å². The molecule has 0 bridgehead atoms. The summed E-state index contributed by atoms with van der Waals surface area (Å²) in [5.74, 6) is -5.84. The van der Waals surface area contributed by atoms with Crippen LogP contribution in [-0.2, 0) is 9.59 Å². The van der Waals surface area contributed by atoms with Crippen LogP contribution in [0, 0.1) is 11.7 Å². The number of carboxylic acid groups (broad SMARTS) is 1. The van der Waals surface area contributed by atoms with E-state index in [9.17, 15) is 19.5 Å². The topological polar surface area (TPSA) is 104 Å². The maximum Gasteiger partial charge on any atom is 0.324 e. The average Bonchev–Trinajstić information content (AvgIpc) is 3.44. The Balaban J connectivity index is 0.00000240. The number of nitrogens with zero attached hydrogens (tertiary/aromatic N) is 2. The zero-order chi connectivity index (χ0) is 20.2. The molecule has 1 saturated carbocycles. The first-order valence-electron chi connectivity index (χ1n) is 9.44. The fraction of sp³-hybridized carbons (Fsp3) is 0.526. The maximum absolute atomic E-state index is 15.1.